The first-order valence-corrected chi connectivity index (χ1v) is 8.53. The number of likely N-dealkylation sites (tertiary alicyclic amines) is 1. The molecule has 0 aliphatic carbocycles. The van der Waals surface area contributed by atoms with Gasteiger partial charge >= 0.3 is 6.18 Å². The van der Waals surface area contributed by atoms with Crippen molar-refractivity contribution in [3.8, 4) is 5.75 Å². The van der Waals surface area contributed by atoms with Gasteiger partial charge in [0.25, 0.3) is 5.91 Å². The Kier molecular flexibility index (Phi) is 5.53. The Balaban J connectivity index is 0.00000225. The predicted octanol–water partition coefficient (Wildman–Crippen LogP) is 2.29. The molecule has 152 valence electrons. The topological polar surface area (TPSA) is 83.1 Å². The molecule has 1 aromatic carbocycles. The summed E-state index contributed by atoms with van der Waals surface area (Å²) in [6.07, 6.45) is -4.67. The zero-order valence-electron chi connectivity index (χ0n) is 14.9. The van der Waals surface area contributed by atoms with Crippen LogP contribution < -0.4 is 10.1 Å². The van der Waals surface area contributed by atoms with E-state index >= 15 is 0 Å². The number of rotatable bonds is 3. The summed E-state index contributed by atoms with van der Waals surface area (Å²) in [6, 6.07) is 7.12. The lowest BCUT2D eigenvalue weighted by molar-refractivity contribution is -0.144. The fourth-order valence-corrected chi connectivity index (χ4v) is 3.97. The van der Waals surface area contributed by atoms with Gasteiger partial charge in [0.1, 0.15) is 5.75 Å². The Morgan fingerprint density at radius 1 is 1.25 bits per heavy atom. The molecule has 3 heterocycles. The third kappa shape index (κ3) is 3.53. The lowest BCUT2D eigenvalue weighted by Gasteiger charge is -2.27. The van der Waals surface area contributed by atoms with Gasteiger partial charge in [-0.05, 0) is 23.6 Å². The predicted molar refractivity (Wildman–Crippen MR) is 95.3 cm³/mol. The van der Waals surface area contributed by atoms with Gasteiger partial charge in [-0.1, -0.05) is 12.1 Å². The van der Waals surface area contributed by atoms with Gasteiger partial charge in [-0.2, -0.15) is 18.2 Å². The second-order valence-electron chi connectivity index (χ2n) is 6.76. The molecule has 2 fully saturated rings. The number of carbonyl (C=O) groups excluding carboxylic acids is 1. The molecular weight excluding hydrogens is 399 g/mol. The van der Waals surface area contributed by atoms with Crippen LogP contribution in [0, 0.1) is 11.8 Å². The van der Waals surface area contributed by atoms with Crippen LogP contribution in [0.5, 0.6) is 5.75 Å². The van der Waals surface area contributed by atoms with E-state index in [4.69, 9.17) is 4.74 Å². The Morgan fingerprint density at radius 2 is 1.96 bits per heavy atom. The number of methoxy groups -OCH3 is 1. The number of nitrogens with zero attached hydrogens (tertiary/aromatic N) is 3. The van der Waals surface area contributed by atoms with Crippen molar-refractivity contribution in [2.45, 2.75) is 12.2 Å². The lowest BCUT2D eigenvalue weighted by Crippen LogP contribution is -2.35. The summed E-state index contributed by atoms with van der Waals surface area (Å²) in [6.45, 7) is 1.96. The highest BCUT2D eigenvalue weighted by atomic mass is 35.5. The van der Waals surface area contributed by atoms with Crippen LogP contribution in [0.3, 0.4) is 0 Å². The van der Waals surface area contributed by atoms with E-state index in [1.165, 1.54) is 0 Å². The molecule has 2 N–H and O–H groups in total. The Morgan fingerprint density at radius 3 is 2.57 bits per heavy atom. The van der Waals surface area contributed by atoms with Crippen molar-refractivity contribution in [1.82, 2.24) is 25.4 Å². The van der Waals surface area contributed by atoms with E-state index in [1.807, 2.05) is 29.4 Å². The Labute approximate surface area is 165 Å². The van der Waals surface area contributed by atoms with Crippen molar-refractivity contribution >= 4 is 18.3 Å². The summed E-state index contributed by atoms with van der Waals surface area (Å²) in [4.78, 5) is 17.8. The van der Waals surface area contributed by atoms with Crippen LogP contribution in [0.15, 0.2) is 24.3 Å². The second kappa shape index (κ2) is 7.59. The molecule has 1 amide bonds. The average molecular weight is 418 g/mol. The zero-order valence-corrected chi connectivity index (χ0v) is 15.7. The van der Waals surface area contributed by atoms with Gasteiger partial charge in [-0.25, -0.2) is 0 Å². The van der Waals surface area contributed by atoms with Gasteiger partial charge in [0.15, 0.2) is 0 Å². The number of benzene rings is 1. The number of carbonyl (C=O) groups is 1. The van der Waals surface area contributed by atoms with Crippen LogP contribution in [0.2, 0.25) is 0 Å². The van der Waals surface area contributed by atoms with Gasteiger partial charge < -0.3 is 15.0 Å². The van der Waals surface area contributed by atoms with Crippen LogP contribution in [-0.2, 0) is 6.18 Å². The molecule has 2 aliphatic heterocycles. The number of hydrogen-bond donors (Lipinski definition) is 2. The van der Waals surface area contributed by atoms with E-state index in [2.05, 4.69) is 15.4 Å². The average Bonchev–Trinajstić information content (AvgIpc) is 3.36. The van der Waals surface area contributed by atoms with Gasteiger partial charge in [0, 0.05) is 25.6 Å². The smallest absolute Gasteiger partial charge is 0.451 e. The molecule has 4 rings (SSSR count). The molecular formula is C17H19ClF3N5O2. The lowest BCUT2D eigenvalue weighted by atomic mass is 9.89. The van der Waals surface area contributed by atoms with Crippen molar-refractivity contribution < 1.29 is 22.7 Å². The molecule has 0 saturated carbocycles. The first kappa shape index (κ1) is 20.4. The number of nitrogens with one attached hydrogen (secondary N) is 2. The monoisotopic (exact) mass is 417 g/mol. The molecule has 2 aliphatic rings. The maximum Gasteiger partial charge on any atom is 0.451 e. The molecule has 2 saturated heterocycles. The van der Waals surface area contributed by atoms with Crippen molar-refractivity contribution in [2.75, 3.05) is 26.7 Å². The van der Waals surface area contributed by atoms with Crippen LogP contribution >= 0.6 is 12.4 Å². The van der Waals surface area contributed by atoms with Crippen molar-refractivity contribution in [1.29, 1.82) is 0 Å². The number of aromatic amines is 1. The first-order valence-electron chi connectivity index (χ1n) is 8.53. The molecule has 0 unspecified atom stereocenters. The third-order valence-corrected chi connectivity index (χ3v) is 5.23. The minimum Gasteiger partial charge on any atom is -0.497 e. The molecule has 0 radical (unpaired) electrons. The summed E-state index contributed by atoms with van der Waals surface area (Å²) in [5.74, 6) is -1.22. The fraction of sp³-hybridized carbons (Fsp3) is 0.471. The van der Waals surface area contributed by atoms with Gasteiger partial charge in [0.2, 0.25) is 11.6 Å². The Bertz CT molecular complexity index is 842. The highest BCUT2D eigenvalue weighted by Crippen LogP contribution is 2.43. The maximum atomic E-state index is 12.9. The normalized spacial score (nSPS) is 24.0. The van der Waals surface area contributed by atoms with Crippen LogP contribution in [0.25, 0.3) is 0 Å². The molecule has 1 aromatic heterocycles. The fourth-order valence-electron chi connectivity index (χ4n) is 3.97. The number of fused-ring (bicyclic) bond motifs is 1. The zero-order chi connectivity index (χ0) is 19.2. The third-order valence-electron chi connectivity index (χ3n) is 5.23. The highest BCUT2D eigenvalue weighted by Gasteiger charge is 2.48. The van der Waals surface area contributed by atoms with Crippen LogP contribution in [0.4, 0.5) is 13.2 Å². The van der Waals surface area contributed by atoms with E-state index in [0.29, 0.717) is 12.3 Å². The van der Waals surface area contributed by atoms with Crippen molar-refractivity contribution in [3.05, 3.63) is 41.5 Å². The van der Waals surface area contributed by atoms with E-state index in [0.717, 1.165) is 18.7 Å². The van der Waals surface area contributed by atoms with E-state index < -0.39 is 23.7 Å². The number of amides is 1. The maximum absolute atomic E-state index is 12.9. The molecule has 0 spiro atoms. The Hall–Kier alpha value is -2.33. The quantitative estimate of drug-likeness (QED) is 0.800. The first-order chi connectivity index (χ1) is 12.9. The van der Waals surface area contributed by atoms with Crippen LogP contribution in [0.1, 0.15) is 28.0 Å². The summed E-state index contributed by atoms with van der Waals surface area (Å²) in [5, 5.41) is 8.62. The van der Waals surface area contributed by atoms with E-state index in [-0.39, 0.29) is 30.3 Å². The number of ether oxygens (including phenoxy) is 1. The summed E-state index contributed by atoms with van der Waals surface area (Å²) >= 11 is 0. The number of aromatic nitrogens is 3. The SMILES string of the molecule is COc1ccc([C@@H]2[C@H]3CNC[C@H]3CN2C(=O)c2n[nH]c(C(F)(F)F)n2)cc1.Cl. The van der Waals surface area contributed by atoms with Gasteiger partial charge in [0.05, 0.1) is 13.2 Å². The van der Waals surface area contributed by atoms with Gasteiger partial charge in [-0.3, -0.25) is 9.89 Å². The molecule has 0 bridgehead atoms. The van der Waals surface area contributed by atoms with Crippen molar-refractivity contribution in [3.63, 3.8) is 0 Å². The number of hydrogen-bond acceptors (Lipinski definition) is 5. The van der Waals surface area contributed by atoms with E-state index in [1.54, 1.807) is 12.0 Å². The van der Waals surface area contributed by atoms with Crippen molar-refractivity contribution in [2.24, 2.45) is 11.8 Å². The standard InChI is InChI=1S/C17H18F3N5O2.ClH/c1-27-11-4-2-9(3-5-11)13-12-7-21-6-10(12)8-25(13)15(26)14-22-16(24-23-14)17(18,19)20;/h2-5,10,12-13,21H,6-8H2,1H3,(H,22,23,24);1H/t10-,12-,13+;/m0./s1. The molecule has 11 heteroatoms. The van der Waals surface area contributed by atoms with Crippen LogP contribution in [-0.4, -0.2) is 52.7 Å². The molecule has 28 heavy (non-hydrogen) atoms. The highest BCUT2D eigenvalue weighted by molar-refractivity contribution is 5.91. The molecule has 7 nitrogen and oxygen atoms in total. The minimum atomic E-state index is -4.67. The largest absolute Gasteiger partial charge is 0.497 e. The summed E-state index contributed by atoms with van der Waals surface area (Å²) in [7, 11) is 1.57. The molecule has 2 aromatic rings. The number of H-pyrrole nitrogens is 1. The van der Waals surface area contributed by atoms with Gasteiger partial charge in [-0.15, -0.1) is 17.5 Å². The van der Waals surface area contributed by atoms with E-state index in [9.17, 15) is 18.0 Å². The summed E-state index contributed by atoms with van der Waals surface area (Å²) < 4.78 is 43.5. The molecule has 3 atom stereocenters. The number of halogens is 4. The second-order valence-corrected chi connectivity index (χ2v) is 6.76. The number of alkyl halides is 3. The summed E-state index contributed by atoms with van der Waals surface area (Å²) in [5.41, 5.74) is 0.909. The minimum absolute atomic E-state index is 0.